The number of phenols is 1. The average molecular weight is 541 g/mol. The normalized spacial score (nSPS) is 18.2. The standard InChI is InChI=1S/C28H29FN2O4S2/c29-13-1-14-31-15-12-23(17-31)35-22-7-2-20(3-8-22)28-25-11-6-21(32)16-27(25)36-18-26(28)19-4-9-24(10-5-19)37(30,33)34/h2-11,16,23,32H,1,12-15,17-18H2,(H2,30,33,34)/t23-/m0/s1. The molecule has 3 aromatic carbocycles. The van der Waals surface area contributed by atoms with Crippen LogP contribution in [0, 0.1) is 0 Å². The fraction of sp³-hybridized carbons (Fsp3) is 0.286. The number of hydrogen-bond donors (Lipinski definition) is 2. The van der Waals surface area contributed by atoms with E-state index in [1.54, 1.807) is 36.0 Å². The summed E-state index contributed by atoms with van der Waals surface area (Å²) in [6.07, 6.45) is 1.57. The minimum Gasteiger partial charge on any atom is -0.508 e. The lowest BCUT2D eigenvalue weighted by atomic mass is 9.89. The predicted molar refractivity (Wildman–Crippen MR) is 145 cm³/mol. The van der Waals surface area contributed by atoms with E-state index in [1.807, 2.05) is 30.3 Å². The number of nitrogens with two attached hydrogens (primary N) is 1. The molecule has 5 rings (SSSR count). The highest BCUT2D eigenvalue weighted by Crippen LogP contribution is 2.45. The van der Waals surface area contributed by atoms with E-state index in [-0.39, 0.29) is 23.4 Å². The lowest BCUT2D eigenvalue weighted by Crippen LogP contribution is -2.26. The van der Waals surface area contributed by atoms with Crippen LogP contribution in [0.2, 0.25) is 0 Å². The second kappa shape index (κ2) is 10.9. The Labute approximate surface area is 221 Å². The highest BCUT2D eigenvalue weighted by molar-refractivity contribution is 7.99. The topological polar surface area (TPSA) is 92.9 Å². The van der Waals surface area contributed by atoms with Gasteiger partial charge in [0, 0.05) is 30.3 Å². The molecule has 1 saturated heterocycles. The van der Waals surface area contributed by atoms with Gasteiger partial charge in [0.1, 0.15) is 17.6 Å². The number of thioether (sulfide) groups is 1. The zero-order chi connectivity index (χ0) is 26.0. The molecule has 0 spiro atoms. The van der Waals surface area contributed by atoms with Crippen molar-refractivity contribution >= 4 is 32.9 Å². The molecule has 194 valence electrons. The maximum Gasteiger partial charge on any atom is 0.238 e. The van der Waals surface area contributed by atoms with E-state index in [2.05, 4.69) is 4.90 Å². The smallest absolute Gasteiger partial charge is 0.238 e. The van der Waals surface area contributed by atoms with Crippen LogP contribution in [0.1, 0.15) is 29.5 Å². The third-order valence-electron chi connectivity index (χ3n) is 6.72. The second-order valence-electron chi connectivity index (χ2n) is 9.29. The fourth-order valence-corrected chi connectivity index (χ4v) is 6.55. The molecule has 0 amide bonds. The van der Waals surface area contributed by atoms with Crippen molar-refractivity contribution in [1.82, 2.24) is 4.90 Å². The van der Waals surface area contributed by atoms with Gasteiger partial charge in [-0.2, -0.15) is 0 Å². The van der Waals surface area contributed by atoms with Gasteiger partial charge in [-0.25, -0.2) is 13.6 Å². The zero-order valence-corrected chi connectivity index (χ0v) is 21.9. The second-order valence-corrected chi connectivity index (χ2v) is 11.9. The molecule has 2 aliphatic rings. The van der Waals surface area contributed by atoms with E-state index in [0.717, 1.165) is 64.5 Å². The molecular weight excluding hydrogens is 511 g/mol. The summed E-state index contributed by atoms with van der Waals surface area (Å²) >= 11 is 1.63. The van der Waals surface area contributed by atoms with Crippen molar-refractivity contribution in [2.24, 2.45) is 5.14 Å². The molecule has 3 aromatic rings. The van der Waals surface area contributed by atoms with Crippen LogP contribution in [0.5, 0.6) is 11.5 Å². The van der Waals surface area contributed by atoms with E-state index in [9.17, 15) is 17.9 Å². The summed E-state index contributed by atoms with van der Waals surface area (Å²) in [6, 6.07) is 20.0. The first-order chi connectivity index (χ1) is 17.8. The number of rotatable bonds is 8. The van der Waals surface area contributed by atoms with E-state index in [0.29, 0.717) is 12.2 Å². The van der Waals surface area contributed by atoms with E-state index in [4.69, 9.17) is 9.88 Å². The molecule has 37 heavy (non-hydrogen) atoms. The molecule has 6 nitrogen and oxygen atoms in total. The summed E-state index contributed by atoms with van der Waals surface area (Å²) in [6.45, 7) is 2.19. The number of halogens is 1. The summed E-state index contributed by atoms with van der Waals surface area (Å²) in [5.41, 5.74) is 5.01. The van der Waals surface area contributed by atoms with Gasteiger partial charge in [-0.1, -0.05) is 24.3 Å². The maximum absolute atomic E-state index is 12.5. The number of ether oxygens (including phenoxy) is 1. The third-order valence-corrected chi connectivity index (χ3v) is 8.73. The Morgan fingerprint density at radius 3 is 2.49 bits per heavy atom. The summed E-state index contributed by atoms with van der Waals surface area (Å²) in [4.78, 5) is 3.30. The number of aromatic hydroxyl groups is 1. The van der Waals surface area contributed by atoms with E-state index < -0.39 is 10.0 Å². The Morgan fingerprint density at radius 1 is 1.05 bits per heavy atom. The molecular formula is C28H29FN2O4S2. The lowest BCUT2D eigenvalue weighted by molar-refractivity contribution is 0.198. The van der Waals surface area contributed by atoms with Gasteiger partial charge in [-0.05, 0) is 83.1 Å². The third kappa shape index (κ3) is 5.85. The van der Waals surface area contributed by atoms with Crippen LogP contribution in [-0.2, 0) is 10.0 Å². The molecule has 0 radical (unpaired) electrons. The number of fused-ring (bicyclic) bond motifs is 1. The molecule has 1 atom stereocenters. The van der Waals surface area contributed by atoms with Crippen LogP contribution in [0.15, 0.2) is 76.5 Å². The van der Waals surface area contributed by atoms with Crippen LogP contribution in [0.25, 0.3) is 11.1 Å². The van der Waals surface area contributed by atoms with Crippen LogP contribution in [0.4, 0.5) is 4.39 Å². The molecule has 2 heterocycles. The van der Waals surface area contributed by atoms with Gasteiger partial charge in [-0.3, -0.25) is 9.29 Å². The minimum atomic E-state index is -3.78. The van der Waals surface area contributed by atoms with Crippen molar-refractivity contribution in [3.8, 4) is 11.5 Å². The Balaban J connectivity index is 1.46. The van der Waals surface area contributed by atoms with Crippen LogP contribution in [0.3, 0.4) is 0 Å². The van der Waals surface area contributed by atoms with Gasteiger partial charge in [0.15, 0.2) is 0 Å². The molecule has 0 unspecified atom stereocenters. The molecule has 0 aromatic heterocycles. The summed E-state index contributed by atoms with van der Waals surface area (Å²) in [5, 5.41) is 15.3. The largest absolute Gasteiger partial charge is 0.508 e. The molecule has 1 fully saturated rings. The molecule has 2 aliphatic heterocycles. The first-order valence-electron chi connectivity index (χ1n) is 12.2. The number of sulfonamides is 1. The number of alkyl halides is 1. The Morgan fingerprint density at radius 2 is 1.78 bits per heavy atom. The van der Waals surface area contributed by atoms with Crippen LogP contribution < -0.4 is 9.88 Å². The predicted octanol–water partition coefficient (Wildman–Crippen LogP) is 4.92. The quantitative estimate of drug-likeness (QED) is 0.422. The number of primary sulfonamides is 1. The Hall–Kier alpha value is -2.85. The monoisotopic (exact) mass is 540 g/mol. The highest BCUT2D eigenvalue weighted by Gasteiger charge is 2.25. The van der Waals surface area contributed by atoms with E-state index in [1.165, 1.54) is 12.1 Å². The summed E-state index contributed by atoms with van der Waals surface area (Å²) in [7, 11) is -3.78. The van der Waals surface area contributed by atoms with E-state index >= 15 is 0 Å². The first kappa shape index (κ1) is 25.8. The maximum atomic E-state index is 12.5. The van der Waals surface area contributed by atoms with Gasteiger partial charge in [-0.15, -0.1) is 11.8 Å². The number of likely N-dealkylation sites (tertiary alicyclic amines) is 1. The number of benzene rings is 3. The van der Waals surface area contributed by atoms with Gasteiger partial charge in [0.2, 0.25) is 10.0 Å². The fourth-order valence-electron chi connectivity index (χ4n) is 4.90. The number of nitrogens with zero attached hydrogens (tertiary/aromatic N) is 1. The first-order valence-corrected chi connectivity index (χ1v) is 14.7. The molecule has 0 saturated carbocycles. The van der Waals surface area contributed by atoms with Crippen molar-refractivity contribution in [3.63, 3.8) is 0 Å². The average Bonchev–Trinajstić information content (AvgIpc) is 3.34. The zero-order valence-electron chi connectivity index (χ0n) is 20.3. The Bertz CT molecular complexity index is 1410. The summed E-state index contributed by atoms with van der Waals surface area (Å²) in [5.74, 6) is 1.67. The van der Waals surface area contributed by atoms with Gasteiger partial charge in [0.05, 0.1) is 11.6 Å². The van der Waals surface area contributed by atoms with Crippen molar-refractivity contribution in [2.75, 3.05) is 32.1 Å². The lowest BCUT2D eigenvalue weighted by Gasteiger charge is -2.24. The molecule has 0 aliphatic carbocycles. The van der Waals surface area contributed by atoms with Gasteiger partial charge < -0.3 is 9.84 Å². The van der Waals surface area contributed by atoms with Crippen molar-refractivity contribution in [3.05, 3.63) is 83.4 Å². The van der Waals surface area contributed by atoms with Crippen molar-refractivity contribution in [1.29, 1.82) is 0 Å². The Kier molecular flexibility index (Phi) is 7.57. The molecule has 3 N–H and O–H groups in total. The minimum absolute atomic E-state index is 0.0730. The van der Waals surface area contributed by atoms with Crippen molar-refractivity contribution in [2.45, 2.75) is 28.7 Å². The van der Waals surface area contributed by atoms with Crippen LogP contribution >= 0.6 is 11.8 Å². The van der Waals surface area contributed by atoms with Gasteiger partial charge >= 0.3 is 0 Å². The number of hydrogen-bond acceptors (Lipinski definition) is 6. The van der Waals surface area contributed by atoms with Gasteiger partial charge in [0.25, 0.3) is 0 Å². The van der Waals surface area contributed by atoms with Crippen molar-refractivity contribution < 1.29 is 22.7 Å². The molecule has 9 heteroatoms. The molecule has 0 bridgehead atoms. The summed E-state index contributed by atoms with van der Waals surface area (Å²) < 4.78 is 42.2. The highest BCUT2D eigenvalue weighted by atomic mass is 32.2. The SMILES string of the molecule is NS(=O)(=O)c1ccc(C2=C(c3ccc(O[C@H]4CCN(CCCF)C4)cc3)c3ccc(O)cc3SC2)cc1. The number of phenolic OH excluding ortho intramolecular Hbond substituents is 1. The van der Waals surface area contributed by atoms with Crippen LogP contribution in [-0.4, -0.2) is 56.6 Å².